The summed E-state index contributed by atoms with van der Waals surface area (Å²) in [4.78, 5) is 13.5. The van der Waals surface area contributed by atoms with Crippen molar-refractivity contribution in [1.82, 2.24) is 4.90 Å². The van der Waals surface area contributed by atoms with E-state index >= 15 is 0 Å². The summed E-state index contributed by atoms with van der Waals surface area (Å²) in [5, 5.41) is 11.3. The van der Waals surface area contributed by atoms with E-state index in [2.05, 4.69) is 5.16 Å². The highest BCUT2D eigenvalue weighted by Gasteiger charge is 2.44. The molecule has 0 aromatic heterocycles. The second-order valence-electron chi connectivity index (χ2n) is 5.05. The van der Waals surface area contributed by atoms with Gasteiger partial charge in [0.2, 0.25) is 5.91 Å². The van der Waals surface area contributed by atoms with Crippen LogP contribution in [0.3, 0.4) is 0 Å². The van der Waals surface area contributed by atoms with E-state index in [4.69, 9.17) is 10.9 Å². The van der Waals surface area contributed by atoms with Gasteiger partial charge in [0, 0.05) is 12.5 Å². The van der Waals surface area contributed by atoms with Crippen molar-refractivity contribution in [1.29, 1.82) is 0 Å². The highest BCUT2D eigenvalue weighted by molar-refractivity contribution is 5.87. The normalized spacial score (nSPS) is 24.5. The van der Waals surface area contributed by atoms with Gasteiger partial charge in [-0.3, -0.25) is 4.79 Å². The van der Waals surface area contributed by atoms with Crippen LogP contribution in [-0.2, 0) is 4.79 Å². The number of carbonyl (C=O) groups excluding carboxylic acids is 1. The van der Waals surface area contributed by atoms with Crippen molar-refractivity contribution in [2.45, 2.75) is 38.8 Å². The van der Waals surface area contributed by atoms with Crippen LogP contribution in [0, 0.1) is 11.8 Å². The number of halogens is 3. The Morgan fingerprint density at radius 2 is 2.10 bits per heavy atom. The Morgan fingerprint density at radius 1 is 1.45 bits per heavy atom. The summed E-state index contributed by atoms with van der Waals surface area (Å²) in [5.41, 5.74) is 5.34. The van der Waals surface area contributed by atoms with E-state index in [0.717, 1.165) is 0 Å². The fourth-order valence-corrected chi connectivity index (χ4v) is 2.54. The molecule has 5 nitrogen and oxygen atoms in total. The lowest BCUT2D eigenvalue weighted by molar-refractivity contribution is -0.187. The number of oxime groups is 1. The molecule has 1 amide bonds. The van der Waals surface area contributed by atoms with Gasteiger partial charge in [-0.05, 0) is 26.2 Å². The molecule has 0 saturated heterocycles. The summed E-state index contributed by atoms with van der Waals surface area (Å²) in [6, 6.07) is 0. The highest BCUT2D eigenvalue weighted by atomic mass is 19.4. The van der Waals surface area contributed by atoms with Crippen molar-refractivity contribution in [3.63, 3.8) is 0 Å². The summed E-state index contributed by atoms with van der Waals surface area (Å²) in [6.45, 7) is 1.94. The standard InChI is InChI=1S/C12H20F3N3O2/c1-2-18(7-10(16)17-20)11(19)8-4-3-5-9(6-8)12(13,14)15/h8-9,20H,2-7H2,1H3,(H2,16,17). The van der Waals surface area contributed by atoms with Crippen LogP contribution in [0.4, 0.5) is 13.2 Å². The third kappa shape index (κ3) is 4.28. The number of hydrogen-bond donors (Lipinski definition) is 2. The molecule has 1 fully saturated rings. The molecular formula is C12H20F3N3O2. The van der Waals surface area contributed by atoms with Crippen LogP contribution in [0.25, 0.3) is 0 Å². The molecule has 116 valence electrons. The first-order valence-electron chi connectivity index (χ1n) is 6.61. The molecule has 1 aliphatic carbocycles. The van der Waals surface area contributed by atoms with Crippen LogP contribution in [0.1, 0.15) is 32.6 Å². The maximum atomic E-state index is 12.7. The van der Waals surface area contributed by atoms with Gasteiger partial charge in [-0.25, -0.2) is 0 Å². The molecule has 0 radical (unpaired) electrons. The molecule has 2 unspecified atom stereocenters. The lowest BCUT2D eigenvalue weighted by Crippen LogP contribution is -2.43. The van der Waals surface area contributed by atoms with Gasteiger partial charge < -0.3 is 15.8 Å². The maximum Gasteiger partial charge on any atom is 0.391 e. The summed E-state index contributed by atoms with van der Waals surface area (Å²) < 4.78 is 38.2. The molecule has 2 atom stereocenters. The minimum atomic E-state index is -4.25. The van der Waals surface area contributed by atoms with E-state index in [9.17, 15) is 18.0 Å². The number of alkyl halides is 3. The predicted molar refractivity (Wildman–Crippen MR) is 67.2 cm³/mol. The molecular weight excluding hydrogens is 275 g/mol. The smallest absolute Gasteiger partial charge is 0.391 e. The Hall–Kier alpha value is -1.47. The van der Waals surface area contributed by atoms with Gasteiger partial charge in [0.05, 0.1) is 12.5 Å². The Labute approximate surface area is 115 Å². The van der Waals surface area contributed by atoms with Crippen LogP contribution in [0.5, 0.6) is 0 Å². The molecule has 0 aromatic carbocycles. The number of carbonyl (C=O) groups is 1. The van der Waals surface area contributed by atoms with Gasteiger partial charge in [-0.15, -0.1) is 0 Å². The van der Waals surface area contributed by atoms with E-state index in [1.54, 1.807) is 6.92 Å². The molecule has 1 rings (SSSR count). The number of nitrogens with two attached hydrogens (primary N) is 1. The first-order valence-corrected chi connectivity index (χ1v) is 6.61. The molecule has 1 saturated carbocycles. The monoisotopic (exact) mass is 295 g/mol. The third-order valence-corrected chi connectivity index (χ3v) is 3.66. The second-order valence-corrected chi connectivity index (χ2v) is 5.05. The van der Waals surface area contributed by atoms with Crippen molar-refractivity contribution < 1.29 is 23.2 Å². The van der Waals surface area contributed by atoms with Crippen molar-refractivity contribution >= 4 is 11.7 Å². The quantitative estimate of drug-likeness (QED) is 0.360. The van der Waals surface area contributed by atoms with E-state index in [1.807, 2.05) is 0 Å². The zero-order chi connectivity index (χ0) is 15.3. The van der Waals surface area contributed by atoms with Gasteiger partial charge in [-0.2, -0.15) is 13.2 Å². The maximum absolute atomic E-state index is 12.7. The molecule has 0 spiro atoms. The molecule has 0 aliphatic heterocycles. The number of amides is 1. The van der Waals surface area contributed by atoms with Crippen LogP contribution in [0.2, 0.25) is 0 Å². The first kappa shape index (κ1) is 16.6. The molecule has 0 heterocycles. The van der Waals surface area contributed by atoms with Crippen molar-refractivity contribution in [2.24, 2.45) is 22.7 Å². The Kier molecular flexibility index (Phi) is 5.64. The van der Waals surface area contributed by atoms with E-state index in [-0.39, 0.29) is 31.1 Å². The average Bonchev–Trinajstić information content (AvgIpc) is 2.42. The highest BCUT2D eigenvalue weighted by Crippen LogP contribution is 2.40. The Balaban J connectivity index is 2.70. The summed E-state index contributed by atoms with van der Waals surface area (Å²) >= 11 is 0. The van der Waals surface area contributed by atoms with Crippen molar-refractivity contribution in [3.8, 4) is 0 Å². The fourth-order valence-electron chi connectivity index (χ4n) is 2.54. The molecule has 0 aromatic rings. The molecule has 1 aliphatic rings. The second kappa shape index (κ2) is 6.81. The van der Waals surface area contributed by atoms with E-state index in [1.165, 1.54) is 4.90 Å². The molecule has 3 N–H and O–H groups in total. The first-order chi connectivity index (χ1) is 9.29. The predicted octanol–water partition coefficient (Wildman–Crippen LogP) is 1.95. The van der Waals surface area contributed by atoms with Crippen LogP contribution in [0.15, 0.2) is 5.16 Å². The molecule has 0 bridgehead atoms. The van der Waals surface area contributed by atoms with Gasteiger partial charge in [-0.1, -0.05) is 11.6 Å². The van der Waals surface area contributed by atoms with E-state index in [0.29, 0.717) is 19.4 Å². The summed E-state index contributed by atoms with van der Waals surface area (Å²) in [7, 11) is 0. The molecule has 8 heteroatoms. The van der Waals surface area contributed by atoms with E-state index < -0.39 is 18.0 Å². The van der Waals surface area contributed by atoms with Gasteiger partial charge in [0.1, 0.15) is 0 Å². The zero-order valence-corrected chi connectivity index (χ0v) is 11.4. The zero-order valence-electron chi connectivity index (χ0n) is 11.4. The van der Waals surface area contributed by atoms with Gasteiger partial charge in [0.15, 0.2) is 5.84 Å². The summed E-state index contributed by atoms with van der Waals surface area (Å²) in [6.07, 6.45) is -3.49. The van der Waals surface area contributed by atoms with Crippen LogP contribution >= 0.6 is 0 Å². The largest absolute Gasteiger partial charge is 0.409 e. The minimum Gasteiger partial charge on any atom is -0.409 e. The fraction of sp³-hybridized carbons (Fsp3) is 0.833. The SMILES string of the molecule is CCN(CC(N)=NO)C(=O)C1CCCC(C(F)(F)F)C1. The number of nitrogens with zero attached hydrogens (tertiary/aromatic N) is 2. The summed E-state index contributed by atoms with van der Waals surface area (Å²) in [5.74, 6) is -2.54. The lowest BCUT2D eigenvalue weighted by Gasteiger charge is -2.32. The number of likely N-dealkylation sites (N-methyl/N-ethyl adjacent to an activating group) is 1. The van der Waals surface area contributed by atoms with Gasteiger partial charge in [0.25, 0.3) is 0 Å². The van der Waals surface area contributed by atoms with Gasteiger partial charge >= 0.3 is 6.18 Å². The van der Waals surface area contributed by atoms with Crippen molar-refractivity contribution in [2.75, 3.05) is 13.1 Å². The number of rotatable bonds is 4. The van der Waals surface area contributed by atoms with Crippen molar-refractivity contribution in [3.05, 3.63) is 0 Å². The number of hydrogen-bond acceptors (Lipinski definition) is 3. The average molecular weight is 295 g/mol. The topological polar surface area (TPSA) is 78.9 Å². The third-order valence-electron chi connectivity index (χ3n) is 3.66. The molecule has 20 heavy (non-hydrogen) atoms. The van der Waals surface area contributed by atoms with Crippen LogP contribution in [-0.4, -0.2) is 41.1 Å². The Morgan fingerprint density at radius 3 is 2.60 bits per heavy atom. The lowest BCUT2D eigenvalue weighted by atomic mass is 9.80. The minimum absolute atomic E-state index is 0.0704. The van der Waals surface area contributed by atoms with Crippen LogP contribution < -0.4 is 5.73 Å². The Bertz CT molecular complexity index is 371. The number of amidine groups is 1.